The molecule has 0 bridgehead atoms. The molecule has 110 valence electrons. The second kappa shape index (κ2) is 8.80. The molecule has 1 amide bonds. The highest BCUT2D eigenvalue weighted by Crippen LogP contribution is 2.25. The number of phenolic OH excluding ortho intramolecular Hbond substituents is 1. The number of aliphatic imine (C=N–C) groups is 1. The molecule has 1 aromatic rings. The summed E-state index contributed by atoms with van der Waals surface area (Å²) in [7, 11) is 0. The SMILES string of the molecule is CC.O=C(N=Cc1ccc(O)c(S)c1)C1CCCCC1. The first-order valence-corrected chi connectivity index (χ1v) is 7.71. The van der Waals surface area contributed by atoms with E-state index in [9.17, 15) is 9.90 Å². The maximum absolute atomic E-state index is 11.9. The van der Waals surface area contributed by atoms with E-state index in [0.717, 1.165) is 31.2 Å². The number of carbonyl (C=O) groups excluding carboxylic acids is 1. The lowest BCUT2D eigenvalue weighted by Crippen LogP contribution is -2.15. The van der Waals surface area contributed by atoms with Gasteiger partial charge in [0.15, 0.2) is 0 Å². The Morgan fingerprint density at radius 3 is 2.55 bits per heavy atom. The molecule has 1 aliphatic rings. The Labute approximate surface area is 126 Å². The fraction of sp³-hybridized carbons (Fsp3) is 0.500. The maximum Gasteiger partial charge on any atom is 0.248 e. The van der Waals surface area contributed by atoms with Crippen molar-refractivity contribution in [3.8, 4) is 5.75 Å². The van der Waals surface area contributed by atoms with E-state index in [1.54, 1.807) is 24.4 Å². The fourth-order valence-corrected chi connectivity index (χ4v) is 2.44. The molecule has 0 heterocycles. The summed E-state index contributed by atoms with van der Waals surface area (Å²) < 4.78 is 0. The van der Waals surface area contributed by atoms with Crippen LogP contribution in [0.3, 0.4) is 0 Å². The largest absolute Gasteiger partial charge is 0.507 e. The zero-order chi connectivity index (χ0) is 15.0. The first kappa shape index (κ1) is 16.8. The number of benzene rings is 1. The van der Waals surface area contributed by atoms with Crippen molar-refractivity contribution in [3.05, 3.63) is 23.8 Å². The Kier molecular flexibility index (Phi) is 7.37. The molecule has 4 heteroatoms. The third-order valence-corrected chi connectivity index (χ3v) is 3.65. The Balaban J connectivity index is 0.000000956. The van der Waals surface area contributed by atoms with Gasteiger partial charge in [0.1, 0.15) is 5.75 Å². The topological polar surface area (TPSA) is 49.7 Å². The van der Waals surface area contributed by atoms with Gasteiger partial charge in [0, 0.05) is 17.0 Å². The molecule has 1 aliphatic carbocycles. The van der Waals surface area contributed by atoms with Gasteiger partial charge in [-0.15, -0.1) is 12.6 Å². The molecule has 0 aliphatic heterocycles. The van der Waals surface area contributed by atoms with E-state index in [0.29, 0.717) is 4.90 Å². The first-order chi connectivity index (χ1) is 9.66. The number of thiol groups is 1. The van der Waals surface area contributed by atoms with Gasteiger partial charge in [0.05, 0.1) is 0 Å². The second-order valence-corrected chi connectivity index (χ2v) is 5.16. The Bertz CT molecular complexity index is 466. The number of phenols is 1. The standard InChI is InChI=1S/C14H17NO2S.C2H6/c16-12-7-6-10(8-13(12)18)9-15-14(17)11-4-2-1-3-5-11;1-2/h6-9,11,16,18H,1-5H2;1-2H3. The summed E-state index contributed by atoms with van der Waals surface area (Å²) in [5.41, 5.74) is 0.780. The number of nitrogens with zero attached hydrogens (tertiary/aromatic N) is 1. The van der Waals surface area contributed by atoms with Gasteiger partial charge in [0.2, 0.25) is 5.91 Å². The van der Waals surface area contributed by atoms with Crippen LogP contribution in [0.5, 0.6) is 5.75 Å². The predicted molar refractivity (Wildman–Crippen MR) is 85.9 cm³/mol. The van der Waals surface area contributed by atoms with E-state index in [2.05, 4.69) is 17.6 Å². The molecule has 3 nitrogen and oxygen atoms in total. The van der Waals surface area contributed by atoms with Crippen molar-refractivity contribution in [1.29, 1.82) is 0 Å². The van der Waals surface area contributed by atoms with Crippen molar-refractivity contribution in [2.45, 2.75) is 50.8 Å². The van der Waals surface area contributed by atoms with Gasteiger partial charge in [-0.3, -0.25) is 4.79 Å². The monoisotopic (exact) mass is 293 g/mol. The lowest BCUT2D eigenvalue weighted by atomic mass is 9.89. The number of carbonyl (C=O) groups is 1. The molecule has 0 atom stereocenters. The zero-order valence-corrected chi connectivity index (χ0v) is 13.1. The minimum atomic E-state index is -0.0245. The van der Waals surface area contributed by atoms with Crippen LogP contribution >= 0.6 is 12.6 Å². The molecular formula is C16H23NO2S. The van der Waals surface area contributed by atoms with E-state index in [4.69, 9.17) is 0 Å². The third-order valence-electron chi connectivity index (χ3n) is 3.29. The van der Waals surface area contributed by atoms with Crippen molar-refractivity contribution >= 4 is 24.8 Å². The van der Waals surface area contributed by atoms with Crippen molar-refractivity contribution < 1.29 is 9.90 Å². The summed E-state index contributed by atoms with van der Waals surface area (Å²) in [6, 6.07) is 4.96. The van der Waals surface area contributed by atoms with E-state index in [1.165, 1.54) is 6.42 Å². The lowest BCUT2D eigenvalue weighted by molar-refractivity contribution is -0.122. The van der Waals surface area contributed by atoms with Crippen LogP contribution in [0.2, 0.25) is 0 Å². The number of amides is 1. The van der Waals surface area contributed by atoms with Crippen molar-refractivity contribution in [2.75, 3.05) is 0 Å². The zero-order valence-electron chi connectivity index (χ0n) is 12.2. The molecule has 2 rings (SSSR count). The molecule has 0 spiro atoms. The van der Waals surface area contributed by atoms with E-state index >= 15 is 0 Å². The summed E-state index contributed by atoms with van der Waals surface area (Å²) in [5, 5.41) is 9.34. The minimum absolute atomic E-state index is 0.0245. The van der Waals surface area contributed by atoms with Crippen LogP contribution in [0.4, 0.5) is 0 Å². The number of hydrogen-bond acceptors (Lipinski definition) is 3. The van der Waals surface area contributed by atoms with Crippen LogP contribution in [-0.4, -0.2) is 17.2 Å². The van der Waals surface area contributed by atoms with E-state index in [-0.39, 0.29) is 17.6 Å². The second-order valence-electron chi connectivity index (χ2n) is 4.68. The van der Waals surface area contributed by atoms with Gasteiger partial charge in [-0.25, -0.2) is 4.99 Å². The molecule has 0 saturated heterocycles. The summed E-state index contributed by atoms with van der Waals surface area (Å²) in [5.74, 6) is 0.208. The van der Waals surface area contributed by atoms with E-state index in [1.807, 2.05) is 13.8 Å². The highest BCUT2D eigenvalue weighted by atomic mass is 32.1. The summed E-state index contributed by atoms with van der Waals surface area (Å²) in [6.07, 6.45) is 6.97. The van der Waals surface area contributed by atoms with Gasteiger partial charge in [-0.2, -0.15) is 0 Å². The van der Waals surface area contributed by atoms with Crippen LogP contribution in [0.1, 0.15) is 51.5 Å². The number of hydrogen-bond donors (Lipinski definition) is 2. The van der Waals surface area contributed by atoms with Crippen molar-refractivity contribution in [2.24, 2.45) is 10.9 Å². The number of rotatable bonds is 2. The molecule has 1 saturated carbocycles. The predicted octanol–water partition coefficient (Wildman–Crippen LogP) is 4.23. The van der Waals surface area contributed by atoms with Gasteiger partial charge in [0.25, 0.3) is 0 Å². The van der Waals surface area contributed by atoms with E-state index < -0.39 is 0 Å². The van der Waals surface area contributed by atoms with Crippen molar-refractivity contribution in [3.63, 3.8) is 0 Å². The summed E-state index contributed by atoms with van der Waals surface area (Å²) >= 11 is 4.12. The molecule has 0 unspecified atom stereocenters. The Hall–Kier alpha value is -1.29. The third kappa shape index (κ3) is 5.00. The molecule has 20 heavy (non-hydrogen) atoms. The molecule has 1 fully saturated rings. The fourth-order valence-electron chi connectivity index (χ4n) is 2.21. The molecular weight excluding hydrogens is 270 g/mol. The number of aromatic hydroxyl groups is 1. The lowest BCUT2D eigenvalue weighted by Gasteiger charge is -2.17. The van der Waals surface area contributed by atoms with Crippen LogP contribution in [0.25, 0.3) is 0 Å². The molecule has 1 aromatic carbocycles. The van der Waals surface area contributed by atoms with Gasteiger partial charge in [-0.05, 0) is 36.6 Å². The van der Waals surface area contributed by atoms with Crippen LogP contribution in [0.15, 0.2) is 28.1 Å². The first-order valence-electron chi connectivity index (χ1n) is 7.27. The molecule has 0 aromatic heterocycles. The molecule has 1 N–H and O–H groups in total. The van der Waals surface area contributed by atoms with Crippen molar-refractivity contribution in [1.82, 2.24) is 0 Å². The Morgan fingerprint density at radius 1 is 1.30 bits per heavy atom. The van der Waals surface area contributed by atoms with Crippen LogP contribution in [-0.2, 0) is 4.79 Å². The van der Waals surface area contributed by atoms with Gasteiger partial charge >= 0.3 is 0 Å². The quantitative estimate of drug-likeness (QED) is 0.633. The summed E-state index contributed by atoms with van der Waals surface area (Å²) in [4.78, 5) is 16.4. The minimum Gasteiger partial charge on any atom is -0.507 e. The Morgan fingerprint density at radius 2 is 1.95 bits per heavy atom. The summed E-state index contributed by atoms with van der Waals surface area (Å²) in [6.45, 7) is 4.00. The smallest absolute Gasteiger partial charge is 0.248 e. The maximum atomic E-state index is 11.9. The van der Waals surface area contributed by atoms with Gasteiger partial charge < -0.3 is 5.11 Å². The van der Waals surface area contributed by atoms with Crippen LogP contribution in [0, 0.1) is 5.92 Å². The normalized spacial score (nSPS) is 15.8. The highest BCUT2D eigenvalue weighted by molar-refractivity contribution is 7.80. The molecule has 0 radical (unpaired) electrons. The highest BCUT2D eigenvalue weighted by Gasteiger charge is 2.19. The average Bonchev–Trinajstić information content (AvgIpc) is 2.51. The van der Waals surface area contributed by atoms with Crippen LogP contribution < -0.4 is 0 Å². The average molecular weight is 293 g/mol. The van der Waals surface area contributed by atoms with Gasteiger partial charge in [-0.1, -0.05) is 33.1 Å².